The van der Waals surface area contributed by atoms with Crippen molar-refractivity contribution >= 4 is 41.5 Å². The number of rotatable bonds is 14. The van der Waals surface area contributed by atoms with Crippen LogP contribution in [0.15, 0.2) is 23.8 Å². The van der Waals surface area contributed by atoms with Gasteiger partial charge >= 0.3 is 11.9 Å². The molecule has 0 aromatic carbocycles. The third kappa shape index (κ3) is 7.46. The first-order valence-electron chi connectivity index (χ1n) is 15.5. The second-order valence-corrected chi connectivity index (χ2v) is 14.0. The van der Waals surface area contributed by atoms with Crippen LogP contribution in [0.5, 0.6) is 0 Å². The number of carbonyl (C=O) groups is 5. The summed E-state index contributed by atoms with van der Waals surface area (Å²) in [5, 5.41) is 22.7. The summed E-state index contributed by atoms with van der Waals surface area (Å²) in [6.45, 7) is 4.26. The molecular weight excluding hydrogens is 624 g/mol. The van der Waals surface area contributed by atoms with E-state index in [0.29, 0.717) is 31.3 Å². The molecule has 14 nitrogen and oxygen atoms in total. The zero-order valence-electron chi connectivity index (χ0n) is 26.2. The number of carbonyl (C=O) groups excluding carboxylic acids is 5. The Bertz CT molecular complexity index is 1300. The minimum absolute atomic E-state index is 0.00429. The van der Waals surface area contributed by atoms with Crippen molar-refractivity contribution in [3.05, 3.63) is 33.9 Å². The molecule has 0 bridgehead atoms. The number of nitrogens with one attached hydrogen (secondary N) is 1. The molecule has 1 amide bonds. The van der Waals surface area contributed by atoms with Crippen molar-refractivity contribution in [3.8, 4) is 0 Å². The Hall–Kier alpha value is -3.30. The molecule has 9 atom stereocenters. The van der Waals surface area contributed by atoms with Crippen molar-refractivity contribution in [1.82, 2.24) is 5.32 Å². The maximum atomic E-state index is 13.7. The molecule has 0 aromatic rings. The van der Waals surface area contributed by atoms with Crippen molar-refractivity contribution < 1.29 is 53.0 Å². The van der Waals surface area contributed by atoms with E-state index in [2.05, 4.69) is 17.1 Å². The molecule has 46 heavy (non-hydrogen) atoms. The number of ketones is 2. The van der Waals surface area contributed by atoms with Crippen molar-refractivity contribution in [2.24, 2.45) is 34.5 Å². The monoisotopic (exact) mass is 666 g/mol. The second-order valence-electron chi connectivity index (χ2n) is 13.2. The third-order valence-corrected chi connectivity index (χ3v) is 11.1. The Kier molecular flexibility index (Phi) is 11.3. The quantitative estimate of drug-likeness (QED) is 0.0802. The van der Waals surface area contributed by atoms with Crippen molar-refractivity contribution in [2.75, 3.05) is 19.8 Å². The van der Waals surface area contributed by atoms with Gasteiger partial charge in [0.1, 0.15) is 12.6 Å². The summed E-state index contributed by atoms with van der Waals surface area (Å²) < 4.78 is 20.6. The Morgan fingerprint density at radius 3 is 2.59 bits per heavy atom. The van der Waals surface area contributed by atoms with E-state index in [-0.39, 0.29) is 49.6 Å². The zero-order valence-corrected chi connectivity index (χ0v) is 27.0. The predicted molar refractivity (Wildman–Crippen MR) is 162 cm³/mol. The van der Waals surface area contributed by atoms with Gasteiger partial charge in [-0.2, -0.15) is 0 Å². The summed E-state index contributed by atoms with van der Waals surface area (Å²) in [7, 11) is 0. The van der Waals surface area contributed by atoms with Gasteiger partial charge in [0.15, 0.2) is 11.6 Å². The lowest BCUT2D eigenvalue weighted by atomic mass is 9.46. The van der Waals surface area contributed by atoms with Crippen LogP contribution >= 0.6 is 12.0 Å². The van der Waals surface area contributed by atoms with Gasteiger partial charge < -0.3 is 29.3 Å². The van der Waals surface area contributed by atoms with Crippen LogP contribution in [0.4, 0.5) is 0 Å². The van der Waals surface area contributed by atoms with Crippen LogP contribution in [0.1, 0.15) is 65.7 Å². The van der Waals surface area contributed by atoms with E-state index in [1.807, 2.05) is 13.0 Å². The fourth-order valence-electron chi connectivity index (χ4n) is 8.52. The fourth-order valence-corrected chi connectivity index (χ4v) is 9.40. The number of aliphatic hydroxyl groups excluding tert-OH is 1. The highest BCUT2D eigenvalue weighted by atomic mass is 32.2. The summed E-state index contributed by atoms with van der Waals surface area (Å²) in [6, 6.07) is -1.37. The van der Waals surface area contributed by atoms with Gasteiger partial charge in [-0.3, -0.25) is 19.2 Å². The molecule has 0 spiro atoms. The standard InChI is InChI=1S/C31H42N2O12S/c1-17(34)32-22(29(39)43-10-4-5-11-45-33(40)41)14-26(38)44-16-24(37)28-25(46-42)13-21-20-7-6-18-12-19(35)8-9-30(18,2)27(20)23(36)15-31(21,28)3/h8-9,12,20-23,25,27-28,36,42H,4-7,10-11,13-16H2,1-3H3,(H,32,34)/t20?,21?,22?,23?,25-,27?,28?,30?,31?/m1/s1. The van der Waals surface area contributed by atoms with Crippen LogP contribution in [0, 0.1) is 44.6 Å². The predicted octanol–water partition coefficient (Wildman–Crippen LogP) is 2.60. The Labute approximate surface area is 271 Å². The van der Waals surface area contributed by atoms with E-state index >= 15 is 0 Å². The van der Waals surface area contributed by atoms with Crippen molar-refractivity contribution in [1.29, 1.82) is 0 Å². The van der Waals surface area contributed by atoms with Gasteiger partial charge in [0.05, 0.1) is 25.7 Å². The van der Waals surface area contributed by atoms with Crippen molar-refractivity contribution in [2.45, 2.75) is 83.1 Å². The van der Waals surface area contributed by atoms with Crippen LogP contribution in [0.3, 0.4) is 0 Å². The topological polar surface area (TPSA) is 209 Å². The van der Waals surface area contributed by atoms with Gasteiger partial charge in [-0.25, -0.2) is 4.79 Å². The van der Waals surface area contributed by atoms with E-state index in [4.69, 9.17) is 9.47 Å². The van der Waals surface area contributed by atoms with Crippen molar-refractivity contribution in [3.63, 3.8) is 0 Å². The van der Waals surface area contributed by atoms with Gasteiger partial charge in [0.25, 0.3) is 5.09 Å². The first-order valence-corrected chi connectivity index (χ1v) is 16.4. The molecule has 4 aliphatic rings. The van der Waals surface area contributed by atoms with Crippen LogP contribution < -0.4 is 5.32 Å². The van der Waals surface area contributed by atoms with Gasteiger partial charge in [-0.05, 0) is 80.0 Å². The lowest BCUT2D eigenvalue weighted by Crippen LogP contribution is -2.56. The number of amides is 1. The number of ether oxygens (including phenoxy) is 2. The maximum absolute atomic E-state index is 13.7. The summed E-state index contributed by atoms with van der Waals surface area (Å²) >= 11 is 0.603. The molecule has 4 rings (SSSR count). The number of hydrogen-bond acceptors (Lipinski definition) is 13. The Morgan fingerprint density at radius 1 is 1.20 bits per heavy atom. The largest absolute Gasteiger partial charge is 0.464 e. The molecule has 3 saturated carbocycles. The van der Waals surface area contributed by atoms with E-state index in [1.165, 1.54) is 0 Å². The molecular formula is C31H42N2O12S. The minimum Gasteiger partial charge on any atom is -0.464 e. The van der Waals surface area contributed by atoms with Crippen LogP contribution in [0.2, 0.25) is 0 Å². The van der Waals surface area contributed by atoms with E-state index < -0.39 is 75.9 Å². The fraction of sp³-hybridized carbons (Fsp3) is 0.710. The highest BCUT2D eigenvalue weighted by molar-refractivity contribution is 7.94. The molecule has 15 heteroatoms. The van der Waals surface area contributed by atoms with Gasteiger partial charge in [0, 0.05) is 29.4 Å². The molecule has 0 heterocycles. The number of hydrogen-bond donors (Lipinski definition) is 3. The van der Waals surface area contributed by atoms with Gasteiger partial charge in [-0.1, -0.05) is 25.5 Å². The SMILES string of the molecule is CC(=O)NC(CC(=O)OCC(=O)C1[C@H](SO)CC2C3CCC4=CC(=O)C=CC4(C)C3C(O)CC21C)C(=O)OCCCCO[N+](=O)[O-]. The third-order valence-electron chi connectivity index (χ3n) is 10.4. The normalized spacial score (nSPS) is 33.4. The number of unbranched alkanes of at least 4 members (excludes halogenated alkanes) is 1. The number of fused-ring (bicyclic) bond motifs is 5. The smallest absolute Gasteiger partial charge is 0.329 e. The number of esters is 2. The highest BCUT2D eigenvalue weighted by Gasteiger charge is 2.65. The van der Waals surface area contributed by atoms with Gasteiger partial charge in [0.2, 0.25) is 5.91 Å². The van der Waals surface area contributed by atoms with E-state index in [9.17, 15) is 43.7 Å². The summed E-state index contributed by atoms with van der Waals surface area (Å²) in [4.78, 5) is 77.1. The molecule has 0 aliphatic heterocycles. The molecule has 3 fully saturated rings. The summed E-state index contributed by atoms with van der Waals surface area (Å²) in [5.41, 5.74) is -0.143. The van der Waals surface area contributed by atoms with Crippen LogP contribution in [0.25, 0.3) is 0 Å². The van der Waals surface area contributed by atoms with Crippen LogP contribution in [-0.4, -0.2) is 81.4 Å². The lowest BCUT2D eigenvalue weighted by Gasteiger charge is -2.58. The molecule has 254 valence electrons. The maximum Gasteiger partial charge on any atom is 0.329 e. The summed E-state index contributed by atoms with van der Waals surface area (Å²) in [6.07, 6.45) is 6.57. The van der Waals surface area contributed by atoms with E-state index in [0.717, 1.165) is 18.9 Å². The molecule has 0 aromatic heterocycles. The molecule has 0 radical (unpaired) electrons. The first kappa shape index (κ1) is 35.6. The van der Waals surface area contributed by atoms with E-state index in [1.54, 1.807) is 12.2 Å². The number of nitrogens with zero attached hydrogens (tertiary/aromatic N) is 1. The zero-order chi connectivity index (χ0) is 33.8. The lowest BCUT2D eigenvalue weighted by molar-refractivity contribution is -0.757. The highest BCUT2D eigenvalue weighted by Crippen LogP contribution is 2.67. The second kappa shape index (κ2) is 14.6. The number of aliphatic hydroxyl groups is 1. The Morgan fingerprint density at radius 2 is 1.91 bits per heavy atom. The van der Waals surface area contributed by atoms with Crippen LogP contribution in [-0.2, 0) is 38.3 Å². The molecule has 8 unspecified atom stereocenters. The Balaban J connectivity index is 1.38. The minimum atomic E-state index is -1.37. The molecule has 3 N–H and O–H groups in total. The molecule has 4 aliphatic carbocycles. The average Bonchev–Trinajstić information content (AvgIpc) is 3.28. The first-order chi connectivity index (χ1) is 21.7. The van der Waals surface area contributed by atoms with Gasteiger partial charge in [-0.15, -0.1) is 10.1 Å². The average molecular weight is 667 g/mol. The molecule has 0 saturated heterocycles. The summed E-state index contributed by atoms with van der Waals surface area (Å²) in [5.74, 6) is -3.68. The number of allylic oxidation sites excluding steroid dienone is 4. The number of Topliss-reactive ketones (excluding diaryl/α,β-unsaturated/α-hetero) is 1.